The quantitative estimate of drug-likeness (QED) is 0.294. The van der Waals surface area contributed by atoms with Crippen LogP contribution in [0, 0.1) is 11.6 Å². The lowest BCUT2D eigenvalue weighted by molar-refractivity contribution is 0.399. The average molecular weight is 590 g/mol. The number of nitrogens with zero attached hydrogens (tertiary/aromatic N) is 5. The van der Waals surface area contributed by atoms with Crippen LogP contribution in [-0.2, 0) is 23.5 Å². The molecule has 0 aliphatic rings. The monoisotopic (exact) mass is 589 g/mol. The minimum Gasteiger partial charge on any atom is -0.481 e. The molecule has 0 saturated carbocycles. The summed E-state index contributed by atoms with van der Waals surface area (Å²) in [5.41, 5.74) is 6.80. The molecule has 0 radical (unpaired) electrons. The number of nitrogens with two attached hydrogens (primary N) is 1. The molecule has 3 heterocycles. The van der Waals surface area contributed by atoms with Gasteiger partial charge in [-0.2, -0.15) is 10.1 Å². The molecule has 1 atom stereocenters. The molecule has 40 heavy (non-hydrogen) atoms. The SMILES string of the molecule is COc1ccc2c(=O)n(-c3ccc(Cl)c4c(NS(C)(=O)=O)nn(C)c34)c([C@@H](N)Cc3cc(F)cc(F)c3)nc2n1. The molecule has 0 saturated heterocycles. The van der Waals surface area contributed by atoms with Crippen molar-refractivity contribution in [3.63, 3.8) is 0 Å². The van der Waals surface area contributed by atoms with Gasteiger partial charge in [-0.05, 0) is 42.3 Å². The molecular formula is C25H22ClF2N7O4S. The standard InChI is InChI=1S/C25H22ClF2N7O4S/c1-34-21-18(6-5-16(26)20(21)23(32-34)33-40(3,37)38)35-24(17(29)10-12-8-13(27)11-14(28)9-12)31-22-15(25(35)36)4-7-19(30-22)39-2/h4-9,11,17H,10,29H2,1-3H3,(H,32,33)/t17-/m0/s1. The number of ether oxygens (including phenoxy) is 1. The first-order valence-corrected chi connectivity index (χ1v) is 13.9. The highest BCUT2D eigenvalue weighted by Crippen LogP contribution is 2.35. The van der Waals surface area contributed by atoms with E-state index in [-0.39, 0.29) is 56.6 Å². The normalized spacial score (nSPS) is 12.7. The summed E-state index contributed by atoms with van der Waals surface area (Å²) >= 11 is 6.46. The molecule has 0 aliphatic heterocycles. The lowest BCUT2D eigenvalue weighted by atomic mass is 10.0. The van der Waals surface area contributed by atoms with Gasteiger partial charge in [0.2, 0.25) is 15.9 Å². The number of hydrogen-bond donors (Lipinski definition) is 2. The Morgan fingerprint density at radius 3 is 2.48 bits per heavy atom. The average Bonchev–Trinajstić information content (AvgIpc) is 3.18. The fraction of sp³-hybridized carbons (Fsp3) is 0.200. The first-order valence-electron chi connectivity index (χ1n) is 11.7. The molecule has 0 aliphatic carbocycles. The zero-order valence-corrected chi connectivity index (χ0v) is 22.9. The Hall–Kier alpha value is -4.14. The summed E-state index contributed by atoms with van der Waals surface area (Å²) in [7, 11) is -0.759. The first-order chi connectivity index (χ1) is 18.9. The van der Waals surface area contributed by atoms with Gasteiger partial charge in [0.1, 0.15) is 17.5 Å². The third-order valence-electron chi connectivity index (χ3n) is 6.09. The number of methoxy groups -OCH3 is 1. The number of sulfonamides is 1. The Morgan fingerprint density at radius 2 is 1.82 bits per heavy atom. The number of aromatic nitrogens is 5. The van der Waals surface area contributed by atoms with E-state index in [1.807, 2.05) is 0 Å². The van der Waals surface area contributed by atoms with Crippen LogP contribution in [0.5, 0.6) is 5.88 Å². The number of nitrogens with one attached hydrogen (secondary N) is 1. The predicted molar refractivity (Wildman–Crippen MR) is 146 cm³/mol. The number of pyridine rings is 1. The Kier molecular flexibility index (Phi) is 6.94. The second kappa shape index (κ2) is 10.1. The number of anilines is 1. The van der Waals surface area contributed by atoms with Gasteiger partial charge in [-0.15, -0.1) is 0 Å². The zero-order chi connectivity index (χ0) is 28.9. The number of hydrogen-bond acceptors (Lipinski definition) is 8. The van der Waals surface area contributed by atoms with Crippen molar-refractivity contribution in [2.75, 3.05) is 18.1 Å². The van der Waals surface area contributed by atoms with Crippen LogP contribution < -0.4 is 20.8 Å². The van der Waals surface area contributed by atoms with Gasteiger partial charge in [0.25, 0.3) is 5.56 Å². The summed E-state index contributed by atoms with van der Waals surface area (Å²) in [4.78, 5) is 22.8. The number of benzene rings is 2. The molecule has 3 aromatic heterocycles. The van der Waals surface area contributed by atoms with E-state index in [0.717, 1.165) is 24.5 Å². The van der Waals surface area contributed by atoms with Crippen molar-refractivity contribution in [2.45, 2.75) is 12.5 Å². The van der Waals surface area contributed by atoms with Gasteiger partial charge in [-0.25, -0.2) is 22.2 Å². The maximum Gasteiger partial charge on any atom is 0.267 e. The molecule has 0 unspecified atom stereocenters. The van der Waals surface area contributed by atoms with Crippen LogP contribution in [0.15, 0.2) is 47.3 Å². The molecule has 5 rings (SSSR count). The lowest BCUT2D eigenvalue weighted by Crippen LogP contribution is -2.30. The summed E-state index contributed by atoms with van der Waals surface area (Å²) in [6, 6.07) is 7.99. The highest BCUT2D eigenvalue weighted by Gasteiger charge is 2.25. The van der Waals surface area contributed by atoms with Crippen LogP contribution in [0.4, 0.5) is 14.6 Å². The van der Waals surface area contributed by atoms with Crippen molar-refractivity contribution in [3.05, 3.63) is 80.9 Å². The van der Waals surface area contributed by atoms with Crippen LogP contribution in [0.25, 0.3) is 27.6 Å². The van der Waals surface area contributed by atoms with Crippen molar-refractivity contribution < 1.29 is 21.9 Å². The number of rotatable bonds is 7. The lowest BCUT2D eigenvalue weighted by Gasteiger charge is -2.20. The molecule has 0 bridgehead atoms. The van der Waals surface area contributed by atoms with Crippen LogP contribution in [0.1, 0.15) is 17.4 Å². The highest BCUT2D eigenvalue weighted by atomic mass is 35.5. The van der Waals surface area contributed by atoms with E-state index in [4.69, 9.17) is 22.1 Å². The van der Waals surface area contributed by atoms with Gasteiger partial charge in [-0.1, -0.05) is 11.6 Å². The zero-order valence-electron chi connectivity index (χ0n) is 21.3. The second-order valence-corrected chi connectivity index (χ2v) is 11.2. The van der Waals surface area contributed by atoms with E-state index < -0.39 is 33.3 Å². The van der Waals surface area contributed by atoms with E-state index in [1.165, 1.54) is 34.6 Å². The van der Waals surface area contributed by atoms with Crippen LogP contribution in [0.3, 0.4) is 0 Å². The Labute approximate surface area is 231 Å². The van der Waals surface area contributed by atoms with Gasteiger partial charge in [-0.3, -0.25) is 18.8 Å². The third-order valence-corrected chi connectivity index (χ3v) is 6.97. The minimum absolute atomic E-state index is 0.0189. The van der Waals surface area contributed by atoms with E-state index in [0.29, 0.717) is 5.52 Å². The minimum atomic E-state index is -3.72. The summed E-state index contributed by atoms with van der Waals surface area (Å²) < 4.78 is 61.9. The maximum absolute atomic E-state index is 14.0. The first kappa shape index (κ1) is 27.4. The topological polar surface area (TPSA) is 147 Å². The predicted octanol–water partition coefficient (Wildman–Crippen LogP) is 3.22. The highest BCUT2D eigenvalue weighted by molar-refractivity contribution is 7.92. The van der Waals surface area contributed by atoms with E-state index in [2.05, 4.69) is 19.8 Å². The summed E-state index contributed by atoms with van der Waals surface area (Å²) in [6.07, 6.45) is 0.885. The molecule has 208 valence electrons. The molecule has 15 heteroatoms. The van der Waals surface area contributed by atoms with Crippen molar-refractivity contribution >= 4 is 49.4 Å². The van der Waals surface area contributed by atoms with Crippen molar-refractivity contribution in [1.82, 2.24) is 24.3 Å². The van der Waals surface area contributed by atoms with Gasteiger partial charge >= 0.3 is 0 Å². The van der Waals surface area contributed by atoms with Gasteiger partial charge < -0.3 is 10.5 Å². The van der Waals surface area contributed by atoms with Gasteiger partial charge in [0.15, 0.2) is 11.5 Å². The van der Waals surface area contributed by atoms with Crippen molar-refractivity contribution in [1.29, 1.82) is 0 Å². The molecule has 2 aromatic carbocycles. The number of aryl methyl sites for hydroxylation is 1. The molecule has 0 fully saturated rings. The van der Waals surface area contributed by atoms with Crippen LogP contribution in [0.2, 0.25) is 5.02 Å². The Bertz CT molecular complexity index is 1960. The molecule has 0 amide bonds. The summed E-state index contributed by atoms with van der Waals surface area (Å²) in [6.45, 7) is 0. The molecule has 0 spiro atoms. The third kappa shape index (κ3) is 5.08. The van der Waals surface area contributed by atoms with Crippen LogP contribution >= 0.6 is 11.6 Å². The van der Waals surface area contributed by atoms with Crippen molar-refractivity contribution in [3.8, 4) is 11.6 Å². The second-order valence-electron chi connectivity index (χ2n) is 9.06. The fourth-order valence-corrected chi connectivity index (χ4v) is 5.26. The fourth-order valence-electron chi connectivity index (χ4n) is 4.52. The molecule has 5 aromatic rings. The molecule has 11 nitrogen and oxygen atoms in total. The summed E-state index contributed by atoms with van der Waals surface area (Å²) in [5.74, 6) is -1.37. The number of halogens is 3. The van der Waals surface area contributed by atoms with E-state index >= 15 is 0 Å². The maximum atomic E-state index is 14.0. The van der Waals surface area contributed by atoms with Gasteiger partial charge in [0.05, 0.1) is 46.4 Å². The van der Waals surface area contributed by atoms with Crippen molar-refractivity contribution in [2.24, 2.45) is 12.8 Å². The number of fused-ring (bicyclic) bond motifs is 2. The van der Waals surface area contributed by atoms with Crippen LogP contribution in [-0.4, -0.2) is 46.1 Å². The van der Waals surface area contributed by atoms with E-state index in [1.54, 1.807) is 13.1 Å². The smallest absolute Gasteiger partial charge is 0.267 e. The Morgan fingerprint density at radius 1 is 1.12 bits per heavy atom. The summed E-state index contributed by atoms with van der Waals surface area (Å²) in [5, 5.41) is 4.80. The Balaban J connectivity index is 1.81. The molecule has 3 N–H and O–H groups in total. The van der Waals surface area contributed by atoms with Gasteiger partial charge in [0, 0.05) is 19.2 Å². The largest absolute Gasteiger partial charge is 0.481 e. The van der Waals surface area contributed by atoms with E-state index in [9.17, 15) is 22.0 Å². The molecular weight excluding hydrogens is 568 g/mol.